The average Bonchev–Trinajstić information content (AvgIpc) is 2.80. The summed E-state index contributed by atoms with van der Waals surface area (Å²) in [6.07, 6.45) is -0.0814. The third kappa shape index (κ3) is 11.3. The van der Waals surface area contributed by atoms with Gasteiger partial charge in [0, 0.05) is 6.54 Å². The van der Waals surface area contributed by atoms with Gasteiger partial charge in [0.2, 0.25) is 23.6 Å². The quantitative estimate of drug-likeness (QED) is 0.0685. The zero-order chi connectivity index (χ0) is 27.3. The SMILES string of the molecule is CC(NC(=O)C(CCCN=C(N)N)NC(=O)C(CC(N)=O)NC(=O)C(N)Cc1ccccc1)C(=O)O. The molecule has 1 rings (SSSR count). The van der Waals surface area contributed by atoms with Gasteiger partial charge in [-0.25, -0.2) is 0 Å². The van der Waals surface area contributed by atoms with Crippen molar-refractivity contribution >= 4 is 35.6 Å². The van der Waals surface area contributed by atoms with Crippen LogP contribution in [0.1, 0.15) is 31.7 Å². The van der Waals surface area contributed by atoms with Crippen molar-refractivity contribution in [3.05, 3.63) is 35.9 Å². The van der Waals surface area contributed by atoms with Crippen LogP contribution < -0.4 is 38.9 Å². The van der Waals surface area contributed by atoms with E-state index in [1.165, 1.54) is 6.92 Å². The largest absolute Gasteiger partial charge is 0.480 e. The smallest absolute Gasteiger partial charge is 0.325 e. The normalized spacial score (nSPS) is 13.8. The number of benzene rings is 1. The molecule has 0 saturated heterocycles. The lowest BCUT2D eigenvalue weighted by Gasteiger charge is -2.24. The predicted molar refractivity (Wildman–Crippen MR) is 131 cm³/mol. The van der Waals surface area contributed by atoms with Gasteiger partial charge in [-0.15, -0.1) is 0 Å². The standard InChI is InChI=1S/C22H34N8O6/c1-12(21(35)36)28-19(33)15(8-5-9-27-22(25)26)29-20(34)16(11-17(24)31)30-18(32)14(23)10-13-6-3-2-4-7-13/h2-4,6-7,12,14-16H,5,8-11,23H2,1H3,(H2,24,31)(H,28,33)(H,29,34)(H,30,32)(H,35,36)(H4,25,26,27). The minimum absolute atomic E-state index is 0.0332. The van der Waals surface area contributed by atoms with Crippen molar-refractivity contribution in [2.75, 3.05) is 6.54 Å². The molecular weight excluding hydrogens is 472 g/mol. The van der Waals surface area contributed by atoms with E-state index in [2.05, 4.69) is 20.9 Å². The zero-order valence-electron chi connectivity index (χ0n) is 20.0. The lowest BCUT2D eigenvalue weighted by molar-refractivity contribution is -0.142. The van der Waals surface area contributed by atoms with Crippen LogP contribution in [0.3, 0.4) is 0 Å². The highest BCUT2D eigenvalue weighted by Crippen LogP contribution is 2.05. The van der Waals surface area contributed by atoms with Crippen LogP contribution in [-0.2, 0) is 30.4 Å². The predicted octanol–water partition coefficient (Wildman–Crippen LogP) is -2.96. The molecule has 1 aromatic rings. The number of carbonyl (C=O) groups is 5. The molecule has 36 heavy (non-hydrogen) atoms. The fourth-order valence-corrected chi connectivity index (χ4v) is 3.07. The Morgan fingerprint density at radius 3 is 2.06 bits per heavy atom. The molecule has 0 radical (unpaired) electrons. The second kappa shape index (κ2) is 14.9. The number of hydrogen-bond acceptors (Lipinski definition) is 7. The number of primary amides is 1. The highest BCUT2D eigenvalue weighted by atomic mass is 16.4. The van der Waals surface area contributed by atoms with Crippen molar-refractivity contribution in [1.29, 1.82) is 0 Å². The number of rotatable bonds is 15. The molecule has 0 aliphatic carbocycles. The Balaban J connectivity index is 2.94. The number of guanidine groups is 1. The van der Waals surface area contributed by atoms with Crippen LogP contribution in [0.2, 0.25) is 0 Å². The molecule has 1 aromatic carbocycles. The Morgan fingerprint density at radius 2 is 1.50 bits per heavy atom. The van der Waals surface area contributed by atoms with E-state index in [1.807, 2.05) is 6.07 Å². The molecule has 4 atom stereocenters. The molecule has 0 bridgehead atoms. The van der Waals surface area contributed by atoms with Crippen molar-refractivity contribution in [3.63, 3.8) is 0 Å². The Morgan fingerprint density at radius 1 is 0.917 bits per heavy atom. The number of hydrogen-bond donors (Lipinski definition) is 8. The Kier molecular flexibility index (Phi) is 12.4. The van der Waals surface area contributed by atoms with E-state index >= 15 is 0 Å². The minimum atomic E-state index is -1.42. The van der Waals surface area contributed by atoms with E-state index in [4.69, 9.17) is 28.0 Å². The summed E-state index contributed by atoms with van der Waals surface area (Å²) in [7, 11) is 0. The molecule has 0 saturated carbocycles. The molecule has 4 unspecified atom stereocenters. The van der Waals surface area contributed by atoms with Gasteiger partial charge in [-0.2, -0.15) is 0 Å². The molecule has 12 N–H and O–H groups in total. The third-order valence-electron chi connectivity index (χ3n) is 4.98. The van der Waals surface area contributed by atoms with Crippen LogP contribution in [0.25, 0.3) is 0 Å². The molecule has 0 aromatic heterocycles. The van der Waals surface area contributed by atoms with E-state index < -0.39 is 60.2 Å². The van der Waals surface area contributed by atoms with E-state index in [0.29, 0.717) is 0 Å². The molecule has 198 valence electrons. The van der Waals surface area contributed by atoms with Gasteiger partial charge in [0.05, 0.1) is 12.5 Å². The van der Waals surface area contributed by atoms with Gasteiger partial charge in [0.25, 0.3) is 0 Å². The van der Waals surface area contributed by atoms with Crippen molar-refractivity contribution in [1.82, 2.24) is 16.0 Å². The highest BCUT2D eigenvalue weighted by Gasteiger charge is 2.30. The Labute approximate surface area is 208 Å². The van der Waals surface area contributed by atoms with Crippen molar-refractivity contribution < 1.29 is 29.1 Å². The lowest BCUT2D eigenvalue weighted by Crippen LogP contribution is -2.57. The molecule has 0 fully saturated rings. The summed E-state index contributed by atoms with van der Waals surface area (Å²) in [4.78, 5) is 64.6. The maximum absolute atomic E-state index is 12.9. The van der Waals surface area contributed by atoms with Gasteiger partial charge in [0.15, 0.2) is 5.96 Å². The van der Waals surface area contributed by atoms with Gasteiger partial charge < -0.3 is 44.0 Å². The number of amides is 4. The van der Waals surface area contributed by atoms with E-state index in [0.717, 1.165) is 5.56 Å². The van der Waals surface area contributed by atoms with E-state index in [9.17, 15) is 24.0 Å². The van der Waals surface area contributed by atoms with Gasteiger partial charge in [-0.1, -0.05) is 30.3 Å². The van der Waals surface area contributed by atoms with Gasteiger partial charge in [0.1, 0.15) is 18.1 Å². The summed E-state index contributed by atoms with van der Waals surface area (Å²) >= 11 is 0. The van der Waals surface area contributed by atoms with Crippen molar-refractivity contribution in [2.45, 2.75) is 56.8 Å². The van der Waals surface area contributed by atoms with Crippen LogP contribution in [0, 0.1) is 0 Å². The fraction of sp³-hybridized carbons (Fsp3) is 0.455. The van der Waals surface area contributed by atoms with Crippen LogP contribution in [0.5, 0.6) is 0 Å². The zero-order valence-corrected chi connectivity index (χ0v) is 20.0. The Bertz CT molecular complexity index is 951. The number of aliphatic imine (C=N–C) groups is 1. The van der Waals surface area contributed by atoms with Crippen molar-refractivity contribution in [2.24, 2.45) is 27.9 Å². The molecule has 4 amide bonds. The van der Waals surface area contributed by atoms with Crippen molar-refractivity contribution in [3.8, 4) is 0 Å². The van der Waals surface area contributed by atoms with Crippen LogP contribution in [0.15, 0.2) is 35.3 Å². The average molecular weight is 507 g/mol. The summed E-state index contributed by atoms with van der Waals surface area (Å²) in [5, 5.41) is 16.1. The van der Waals surface area contributed by atoms with Gasteiger partial charge in [-0.3, -0.25) is 29.0 Å². The first kappa shape index (κ1) is 29.8. The lowest BCUT2D eigenvalue weighted by atomic mass is 10.0. The number of carboxylic acids is 1. The molecule has 0 aliphatic rings. The Hall–Kier alpha value is -4.20. The highest BCUT2D eigenvalue weighted by molar-refractivity contribution is 5.96. The second-order valence-corrected chi connectivity index (χ2v) is 8.11. The fourth-order valence-electron chi connectivity index (χ4n) is 3.07. The maximum atomic E-state index is 12.9. The number of nitrogens with one attached hydrogen (secondary N) is 3. The number of carboxylic acid groups (broad SMARTS) is 1. The number of carbonyl (C=O) groups excluding carboxylic acids is 4. The summed E-state index contributed by atoms with van der Waals surface area (Å²) in [5.41, 5.74) is 22.5. The summed E-state index contributed by atoms with van der Waals surface area (Å²) in [6, 6.07) is 4.07. The molecule has 0 spiro atoms. The number of aliphatic carboxylic acids is 1. The second-order valence-electron chi connectivity index (χ2n) is 8.11. The molecule has 0 aliphatic heterocycles. The third-order valence-corrected chi connectivity index (χ3v) is 4.98. The van der Waals surface area contributed by atoms with Gasteiger partial charge in [-0.05, 0) is 31.7 Å². The monoisotopic (exact) mass is 506 g/mol. The molecular formula is C22H34N8O6. The molecule has 14 heteroatoms. The number of nitrogens with zero attached hydrogens (tertiary/aromatic N) is 1. The van der Waals surface area contributed by atoms with E-state index in [1.54, 1.807) is 24.3 Å². The maximum Gasteiger partial charge on any atom is 0.325 e. The number of nitrogens with two attached hydrogens (primary N) is 4. The first-order valence-electron chi connectivity index (χ1n) is 11.2. The first-order chi connectivity index (χ1) is 16.9. The summed E-state index contributed by atoms with van der Waals surface area (Å²) in [5.74, 6) is -4.67. The van der Waals surface area contributed by atoms with Crippen LogP contribution >= 0.6 is 0 Å². The molecule has 14 nitrogen and oxygen atoms in total. The first-order valence-corrected chi connectivity index (χ1v) is 11.2. The molecule has 0 heterocycles. The van der Waals surface area contributed by atoms with Gasteiger partial charge >= 0.3 is 5.97 Å². The van der Waals surface area contributed by atoms with Crippen LogP contribution in [-0.4, -0.2) is 71.4 Å². The minimum Gasteiger partial charge on any atom is -0.480 e. The summed E-state index contributed by atoms with van der Waals surface area (Å²) < 4.78 is 0. The topological polar surface area (TPSA) is 258 Å². The van der Waals surface area contributed by atoms with Crippen LogP contribution in [0.4, 0.5) is 0 Å². The summed E-state index contributed by atoms with van der Waals surface area (Å²) in [6.45, 7) is 1.40. The van der Waals surface area contributed by atoms with E-state index in [-0.39, 0.29) is 31.8 Å².